The molecule has 1 aromatic carbocycles. The first kappa shape index (κ1) is 16.3. The van der Waals surface area contributed by atoms with Gasteiger partial charge in [0.05, 0.1) is 6.42 Å². The summed E-state index contributed by atoms with van der Waals surface area (Å²) in [6, 6.07) is 4.64. The molecule has 2 N–H and O–H groups in total. The normalized spacial score (nSPS) is 21.7. The zero-order valence-corrected chi connectivity index (χ0v) is 13.1. The van der Waals surface area contributed by atoms with Crippen molar-refractivity contribution in [2.45, 2.75) is 70.0 Å². The minimum absolute atomic E-state index is 0.0151. The van der Waals surface area contributed by atoms with Gasteiger partial charge in [0.1, 0.15) is 0 Å². The van der Waals surface area contributed by atoms with Crippen LogP contribution in [0.15, 0.2) is 18.2 Å². The van der Waals surface area contributed by atoms with Crippen molar-refractivity contribution < 1.29 is 13.2 Å². The highest BCUT2D eigenvalue weighted by Gasteiger charge is 2.38. The molecule has 1 unspecified atom stereocenters. The third kappa shape index (κ3) is 3.42. The Morgan fingerprint density at radius 3 is 2.10 bits per heavy atom. The molecule has 118 valence electrons. The Labute approximate surface area is 124 Å². The van der Waals surface area contributed by atoms with Crippen LogP contribution in [0.4, 0.5) is 13.2 Å². The summed E-state index contributed by atoms with van der Waals surface area (Å²) in [4.78, 5) is 0. The van der Waals surface area contributed by atoms with Crippen molar-refractivity contribution in [3.63, 3.8) is 0 Å². The van der Waals surface area contributed by atoms with Gasteiger partial charge in [-0.1, -0.05) is 45.9 Å². The van der Waals surface area contributed by atoms with Gasteiger partial charge in [-0.25, -0.2) is 0 Å². The number of alkyl halides is 3. The summed E-state index contributed by atoms with van der Waals surface area (Å²) in [6.45, 7) is 8.69. The van der Waals surface area contributed by atoms with Crippen LogP contribution in [-0.2, 0) is 10.8 Å². The van der Waals surface area contributed by atoms with Crippen molar-refractivity contribution in [2.24, 2.45) is 5.73 Å². The first-order valence-electron chi connectivity index (χ1n) is 7.40. The molecule has 1 aromatic rings. The summed E-state index contributed by atoms with van der Waals surface area (Å²) in [7, 11) is 0. The van der Waals surface area contributed by atoms with Gasteiger partial charge < -0.3 is 5.73 Å². The molecule has 1 aliphatic rings. The average Bonchev–Trinajstić information content (AvgIpc) is 2.33. The summed E-state index contributed by atoms with van der Waals surface area (Å²) in [6.07, 6.45) is -3.09. The Kier molecular flexibility index (Phi) is 3.90. The maximum Gasteiger partial charge on any atom is 0.390 e. The Bertz CT molecular complexity index is 529. The van der Waals surface area contributed by atoms with Gasteiger partial charge in [-0.15, -0.1) is 0 Å². The highest BCUT2D eigenvalue weighted by molar-refractivity contribution is 5.44. The molecule has 4 heteroatoms. The van der Waals surface area contributed by atoms with Gasteiger partial charge in [0.25, 0.3) is 0 Å². The minimum atomic E-state index is -4.23. The summed E-state index contributed by atoms with van der Waals surface area (Å²) >= 11 is 0. The Balaban J connectivity index is 2.42. The second kappa shape index (κ2) is 5.01. The van der Waals surface area contributed by atoms with Crippen molar-refractivity contribution in [2.75, 3.05) is 0 Å². The number of benzene rings is 1. The molecule has 0 aliphatic heterocycles. The van der Waals surface area contributed by atoms with Crippen LogP contribution in [0, 0.1) is 0 Å². The van der Waals surface area contributed by atoms with Gasteiger partial charge in [-0.3, -0.25) is 0 Å². The fourth-order valence-corrected chi connectivity index (χ4v) is 3.20. The zero-order chi connectivity index (χ0) is 16.1. The summed E-state index contributed by atoms with van der Waals surface area (Å²) < 4.78 is 37.6. The quantitative estimate of drug-likeness (QED) is 0.818. The van der Waals surface area contributed by atoms with Gasteiger partial charge in [-0.05, 0) is 40.4 Å². The van der Waals surface area contributed by atoms with Gasteiger partial charge in [0.15, 0.2) is 0 Å². The average molecular weight is 299 g/mol. The first-order chi connectivity index (χ1) is 9.42. The molecule has 0 aromatic heterocycles. The van der Waals surface area contributed by atoms with E-state index in [2.05, 4.69) is 27.7 Å². The van der Waals surface area contributed by atoms with Crippen molar-refractivity contribution in [3.05, 3.63) is 34.9 Å². The van der Waals surface area contributed by atoms with Crippen LogP contribution in [0.25, 0.3) is 0 Å². The second-order valence-corrected chi connectivity index (χ2v) is 7.50. The third-order valence-corrected chi connectivity index (χ3v) is 4.76. The SMILES string of the molecule is CC1(C)CCC(C)(C)c2cc(C(N)CC(F)(F)F)ccc21. The lowest BCUT2D eigenvalue weighted by atomic mass is 9.63. The first-order valence-corrected chi connectivity index (χ1v) is 7.40. The maximum absolute atomic E-state index is 12.5. The van der Waals surface area contributed by atoms with E-state index in [4.69, 9.17) is 5.73 Å². The van der Waals surface area contributed by atoms with E-state index in [1.807, 2.05) is 12.1 Å². The van der Waals surface area contributed by atoms with E-state index in [9.17, 15) is 13.2 Å². The third-order valence-electron chi connectivity index (χ3n) is 4.76. The van der Waals surface area contributed by atoms with Gasteiger partial charge in [-0.2, -0.15) is 13.2 Å². The molecule has 2 rings (SSSR count). The molecule has 0 amide bonds. The van der Waals surface area contributed by atoms with Gasteiger partial charge in [0, 0.05) is 6.04 Å². The maximum atomic E-state index is 12.5. The summed E-state index contributed by atoms with van der Waals surface area (Å²) in [5, 5.41) is 0. The standard InChI is InChI=1S/C17H24F3N/c1-15(2)7-8-16(3,4)13-9-11(5-6-12(13)15)14(21)10-17(18,19)20/h5-6,9,14H,7-8,10,21H2,1-4H3. The van der Waals surface area contributed by atoms with E-state index < -0.39 is 18.6 Å². The fourth-order valence-electron chi connectivity index (χ4n) is 3.20. The van der Waals surface area contributed by atoms with Crippen LogP contribution >= 0.6 is 0 Å². The van der Waals surface area contributed by atoms with E-state index in [0.717, 1.165) is 18.4 Å². The number of halogens is 3. The molecule has 0 fully saturated rings. The smallest absolute Gasteiger partial charge is 0.324 e. The Morgan fingerprint density at radius 1 is 1.05 bits per heavy atom. The fraction of sp³-hybridized carbons (Fsp3) is 0.647. The van der Waals surface area contributed by atoms with Gasteiger partial charge in [0.2, 0.25) is 0 Å². The molecule has 0 saturated carbocycles. The van der Waals surface area contributed by atoms with Crippen molar-refractivity contribution in [1.82, 2.24) is 0 Å². The molecule has 0 saturated heterocycles. The molecule has 21 heavy (non-hydrogen) atoms. The summed E-state index contributed by atoms with van der Waals surface area (Å²) in [5.74, 6) is 0. The predicted octanol–water partition coefficient (Wildman–Crippen LogP) is 4.99. The largest absolute Gasteiger partial charge is 0.390 e. The highest BCUT2D eigenvalue weighted by atomic mass is 19.4. The molecule has 1 aliphatic carbocycles. The molecule has 1 atom stereocenters. The monoisotopic (exact) mass is 299 g/mol. The molecule has 0 bridgehead atoms. The molecular weight excluding hydrogens is 275 g/mol. The Morgan fingerprint density at radius 2 is 1.57 bits per heavy atom. The van der Waals surface area contributed by atoms with Crippen LogP contribution in [0.3, 0.4) is 0 Å². The van der Waals surface area contributed by atoms with Crippen LogP contribution < -0.4 is 5.73 Å². The van der Waals surface area contributed by atoms with Crippen LogP contribution in [-0.4, -0.2) is 6.18 Å². The molecule has 0 heterocycles. The van der Waals surface area contributed by atoms with E-state index in [-0.39, 0.29) is 10.8 Å². The number of rotatable bonds is 2. The number of nitrogens with two attached hydrogens (primary N) is 1. The minimum Gasteiger partial charge on any atom is -0.324 e. The lowest BCUT2D eigenvalue weighted by molar-refractivity contribution is -0.138. The van der Waals surface area contributed by atoms with Crippen molar-refractivity contribution in [1.29, 1.82) is 0 Å². The number of fused-ring (bicyclic) bond motifs is 1. The summed E-state index contributed by atoms with van der Waals surface area (Å²) in [5.41, 5.74) is 8.77. The van der Waals surface area contributed by atoms with Crippen molar-refractivity contribution in [3.8, 4) is 0 Å². The zero-order valence-electron chi connectivity index (χ0n) is 13.1. The van der Waals surface area contributed by atoms with Crippen LogP contribution in [0.5, 0.6) is 0 Å². The lowest BCUT2D eigenvalue weighted by Gasteiger charge is -2.42. The van der Waals surface area contributed by atoms with Crippen molar-refractivity contribution >= 4 is 0 Å². The number of hydrogen-bond acceptors (Lipinski definition) is 1. The number of hydrogen-bond donors (Lipinski definition) is 1. The van der Waals surface area contributed by atoms with Crippen LogP contribution in [0.2, 0.25) is 0 Å². The van der Waals surface area contributed by atoms with E-state index in [0.29, 0.717) is 5.56 Å². The predicted molar refractivity (Wildman–Crippen MR) is 79.3 cm³/mol. The lowest BCUT2D eigenvalue weighted by Crippen LogP contribution is -2.34. The highest BCUT2D eigenvalue weighted by Crippen LogP contribution is 2.46. The Hall–Kier alpha value is -1.03. The molecule has 1 nitrogen and oxygen atoms in total. The van der Waals surface area contributed by atoms with Crippen LogP contribution in [0.1, 0.15) is 69.7 Å². The topological polar surface area (TPSA) is 26.0 Å². The van der Waals surface area contributed by atoms with E-state index >= 15 is 0 Å². The molecule has 0 spiro atoms. The van der Waals surface area contributed by atoms with E-state index in [1.54, 1.807) is 6.07 Å². The molecule has 0 radical (unpaired) electrons. The van der Waals surface area contributed by atoms with E-state index in [1.165, 1.54) is 5.56 Å². The van der Waals surface area contributed by atoms with Gasteiger partial charge >= 0.3 is 6.18 Å². The molecular formula is C17H24F3N. The second-order valence-electron chi connectivity index (χ2n) is 7.50.